The molecule has 88 valence electrons. The predicted molar refractivity (Wildman–Crippen MR) is 69.2 cm³/mol. The van der Waals surface area contributed by atoms with E-state index >= 15 is 0 Å². The molecule has 17 heavy (non-hydrogen) atoms. The number of para-hydroxylation sites is 1. The van der Waals surface area contributed by atoms with Crippen LogP contribution in [0.3, 0.4) is 0 Å². The highest BCUT2D eigenvalue weighted by molar-refractivity contribution is 5.90. The van der Waals surface area contributed by atoms with E-state index < -0.39 is 0 Å². The molecule has 1 N–H and O–H groups in total. The van der Waals surface area contributed by atoms with Gasteiger partial charge >= 0.3 is 0 Å². The molecule has 2 heterocycles. The summed E-state index contributed by atoms with van der Waals surface area (Å²) in [6.45, 7) is 4.89. The van der Waals surface area contributed by atoms with Gasteiger partial charge in [-0.15, -0.1) is 0 Å². The zero-order valence-corrected chi connectivity index (χ0v) is 9.94. The molecule has 3 heteroatoms. The molecule has 0 saturated carbocycles. The Bertz CT molecular complexity index is 529. The average Bonchev–Trinajstić information content (AvgIpc) is 2.34. The van der Waals surface area contributed by atoms with Crippen LogP contribution < -0.4 is 5.32 Å². The third-order valence-corrected chi connectivity index (χ3v) is 3.26. The number of hydrogen-bond donors (Lipinski definition) is 1. The van der Waals surface area contributed by atoms with Gasteiger partial charge in [0.1, 0.15) is 0 Å². The third kappa shape index (κ3) is 1.98. The molecule has 0 aliphatic carbocycles. The van der Waals surface area contributed by atoms with Crippen LogP contribution in [0.15, 0.2) is 36.5 Å². The molecule has 0 amide bonds. The van der Waals surface area contributed by atoms with Crippen LogP contribution in [-0.2, 0) is 4.74 Å². The second-order valence-electron chi connectivity index (χ2n) is 5.03. The summed E-state index contributed by atoms with van der Waals surface area (Å²) in [6.07, 6.45) is 1.85. The minimum atomic E-state index is 0.282. The summed E-state index contributed by atoms with van der Waals surface area (Å²) in [5.74, 6) is 0. The van der Waals surface area contributed by atoms with Gasteiger partial charge in [0.15, 0.2) is 0 Å². The number of nitrogens with zero attached hydrogens (tertiary/aromatic N) is 1. The van der Waals surface area contributed by atoms with Crippen molar-refractivity contribution in [2.24, 2.45) is 5.41 Å². The minimum absolute atomic E-state index is 0.282. The highest BCUT2D eigenvalue weighted by atomic mass is 16.5. The van der Waals surface area contributed by atoms with E-state index in [0.29, 0.717) is 0 Å². The number of rotatable bonds is 3. The standard InChI is InChI=1S/C14H16N2O/c1-14(9-17-10-14)8-16-13-6-7-15-12-5-3-2-4-11(12)13/h2-7H,8-10H2,1H3,(H,15,16). The van der Waals surface area contributed by atoms with Crippen molar-refractivity contribution >= 4 is 16.6 Å². The van der Waals surface area contributed by atoms with Crippen LogP contribution in [0, 0.1) is 5.41 Å². The number of anilines is 1. The smallest absolute Gasteiger partial charge is 0.0722 e. The molecule has 3 nitrogen and oxygen atoms in total. The van der Waals surface area contributed by atoms with Crippen LogP contribution >= 0.6 is 0 Å². The maximum Gasteiger partial charge on any atom is 0.0722 e. The van der Waals surface area contributed by atoms with Gasteiger partial charge in [-0.1, -0.05) is 25.1 Å². The first-order chi connectivity index (χ1) is 8.27. The van der Waals surface area contributed by atoms with Gasteiger partial charge in [0.2, 0.25) is 0 Å². The van der Waals surface area contributed by atoms with Gasteiger partial charge in [-0.25, -0.2) is 0 Å². The summed E-state index contributed by atoms with van der Waals surface area (Å²) in [6, 6.07) is 10.2. The van der Waals surface area contributed by atoms with E-state index in [1.54, 1.807) is 0 Å². The molecule has 1 aliphatic heterocycles. The highest BCUT2D eigenvalue weighted by Crippen LogP contribution is 2.28. The first-order valence-electron chi connectivity index (χ1n) is 5.92. The molecule has 1 aromatic heterocycles. The van der Waals surface area contributed by atoms with Crippen molar-refractivity contribution < 1.29 is 4.74 Å². The van der Waals surface area contributed by atoms with Crippen LogP contribution in [0.2, 0.25) is 0 Å². The SMILES string of the molecule is CC1(CNc2ccnc3ccccc23)COC1. The number of ether oxygens (including phenoxy) is 1. The van der Waals surface area contributed by atoms with E-state index in [2.05, 4.69) is 23.3 Å². The Hall–Kier alpha value is -1.61. The lowest BCUT2D eigenvalue weighted by atomic mass is 9.88. The summed E-state index contributed by atoms with van der Waals surface area (Å²) < 4.78 is 5.26. The van der Waals surface area contributed by atoms with Gasteiger partial charge in [0.25, 0.3) is 0 Å². The predicted octanol–water partition coefficient (Wildman–Crippen LogP) is 2.68. The Morgan fingerprint density at radius 2 is 2.12 bits per heavy atom. The Morgan fingerprint density at radius 1 is 1.29 bits per heavy atom. The topological polar surface area (TPSA) is 34.2 Å². The Kier molecular flexibility index (Phi) is 2.48. The first kappa shape index (κ1) is 10.5. The molecule has 1 aromatic carbocycles. The number of pyridine rings is 1. The van der Waals surface area contributed by atoms with Crippen LogP contribution in [0.25, 0.3) is 10.9 Å². The van der Waals surface area contributed by atoms with Crippen molar-refractivity contribution in [1.29, 1.82) is 0 Å². The van der Waals surface area contributed by atoms with Gasteiger partial charge in [-0.2, -0.15) is 0 Å². The Morgan fingerprint density at radius 3 is 2.88 bits per heavy atom. The summed E-state index contributed by atoms with van der Waals surface area (Å²) in [7, 11) is 0. The zero-order valence-electron chi connectivity index (χ0n) is 9.94. The van der Waals surface area contributed by atoms with E-state index in [4.69, 9.17) is 4.74 Å². The number of fused-ring (bicyclic) bond motifs is 1. The van der Waals surface area contributed by atoms with Crippen LogP contribution in [0.5, 0.6) is 0 Å². The molecular formula is C14H16N2O. The van der Waals surface area contributed by atoms with E-state index in [1.165, 1.54) is 5.39 Å². The van der Waals surface area contributed by atoms with Gasteiger partial charge in [-0.3, -0.25) is 4.98 Å². The largest absolute Gasteiger partial charge is 0.384 e. The Balaban J connectivity index is 1.85. The lowest BCUT2D eigenvalue weighted by Gasteiger charge is -2.38. The molecule has 0 unspecified atom stereocenters. The van der Waals surface area contributed by atoms with Crippen molar-refractivity contribution in [3.63, 3.8) is 0 Å². The van der Waals surface area contributed by atoms with Gasteiger partial charge < -0.3 is 10.1 Å². The van der Waals surface area contributed by atoms with Crippen LogP contribution in [-0.4, -0.2) is 24.7 Å². The van der Waals surface area contributed by atoms with E-state index in [0.717, 1.165) is 31.0 Å². The first-order valence-corrected chi connectivity index (χ1v) is 5.92. The van der Waals surface area contributed by atoms with Gasteiger partial charge in [0, 0.05) is 29.2 Å². The van der Waals surface area contributed by atoms with Crippen LogP contribution in [0.1, 0.15) is 6.92 Å². The molecule has 3 rings (SSSR count). The summed E-state index contributed by atoms with van der Waals surface area (Å²) in [5, 5.41) is 4.69. The maximum atomic E-state index is 5.26. The van der Waals surface area contributed by atoms with E-state index in [-0.39, 0.29) is 5.41 Å². The molecule has 0 atom stereocenters. The fourth-order valence-corrected chi connectivity index (χ4v) is 2.11. The van der Waals surface area contributed by atoms with Crippen molar-refractivity contribution in [2.45, 2.75) is 6.92 Å². The molecule has 1 fully saturated rings. The van der Waals surface area contributed by atoms with E-state index in [9.17, 15) is 0 Å². The monoisotopic (exact) mass is 228 g/mol. The summed E-state index contributed by atoms with van der Waals surface area (Å²) in [4.78, 5) is 4.36. The second kappa shape index (κ2) is 4.00. The maximum absolute atomic E-state index is 5.26. The highest BCUT2D eigenvalue weighted by Gasteiger charge is 2.32. The minimum Gasteiger partial charge on any atom is -0.384 e. The van der Waals surface area contributed by atoms with Crippen LogP contribution in [0.4, 0.5) is 5.69 Å². The van der Waals surface area contributed by atoms with Crippen molar-refractivity contribution in [3.8, 4) is 0 Å². The van der Waals surface area contributed by atoms with Crippen molar-refractivity contribution in [1.82, 2.24) is 4.98 Å². The van der Waals surface area contributed by atoms with E-state index in [1.807, 2.05) is 30.5 Å². The van der Waals surface area contributed by atoms with Gasteiger partial charge in [-0.05, 0) is 12.1 Å². The lowest BCUT2D eigenvalue weighted by Crippen LogP contribution is -2.45. The molecule has 2 aromatic rings. The Labute approximate surface area is 101 Å². The lowest BCUT2D eigenvalue weighted by molar-refractivity contribution is -0.0924. The number of nitrogens with one attached hydrogen (secondary N) is 1. The second-order valence-corrected chi connectivity index (χ2v) is 5.03. The van der Waals surface area contributed by atoms with Crippen molar-refractivity contribution in [3.05, 3.63) is 36.5 Å². The quantitative estimate of drug-likeness (QED) is 0.877. The molecule has 0 bridgehead atoms. The normalized spacial score (nSPS) is 17.7. The summed E-state index contributed by atoms with van der Waals surface area (Å²) >= 11 is 0. The van der Waals surface area contributed by atoms with Crippen molar-refractivity contribution in [2.75, 3.05) is 25.1 Å². The third-order valence-electron chi connectivity index (χ3n) is 3.26. The fourth-order valence-electron chi connectivity index (χ4n) is 2.11. The molecule has 1 saturated heterocycles. The molecule has 1 aliphatic rings. The number of aromatic nitrogens is 1. The molecule has 0 spiro atoms. The molecular weight excluding hydrogens is 212 g/mol. The number of benzene rings is 1. The fraction of sp³-hybridized carbons (Fsp3) is 0.357. The average molecular weight is 228 g/mol. The number of hydrogen-bond acceptors (Lipinski definition) is 3. The zero-order chi connectivity index (χ0) is 11.7. The molecule has 0 radical (unpaired) electrons. The van der Waals surface area contributed by atoms with Gasteiger partial charge in [0.05, 0.1) is 18.7 Å². The summed E-state index contributed by atoms with van der Waals surface area (Å²) in [5.41, 5.74) is 2.47.